The Bertz CT molecular complexity index is 503. The molecule has 3 rings (SSSR count). The smallest absolute Gasteiger partial charge is 0.231 e. The number of hydrogen-bond acceptors (Lipinski definition) is 4. The summed E-state index contributed by atoms with van der Waals surface area (Å²) in [4.78, 5) is 0. The first-order chi connectivity index (χ1) is 9.31. The van der Waals surface area contributed by atoms with Crippen molar-refractivity contribution in [3.05, 3.63) is 23.8 Å². The van der Waals surface area contributed by atoms with Crippen LogP contribution in [0.3, 0.4) is 0 Å². The first-order valence-electron chi connectivity index (χ1n) is 6.82. The first kappa shape index (κ1) is 12.3. The Morgan fingerprint density at radius 2 is 2.11 bits per heavy atom. The van der Waals surface area contributed by atoms with Crippen molar-refractivity contribution in [3.8, 4) is 17.6 Å². The zero-order valence-electron chi connectivity index (χ0n) is 10.9. The second kappa shape index (κ2) is 5.10. The van der Waals surface area contributed by atoms with Gasteiger partial charge in [-0.15, -0.1) is 0 Å². The minimum absolute atomic E-state index is 0.0884. The summed E-state index contributed by atoms with van der Waals surface area (Å²) in [6.07, 6.45) is 4.22. The molecule has 0 amide bonds. The van der Waals surface area contributed by atoms with Gasteiger partial charge in [-0.3, -0.25) is 0 Å². The Hall–Kier alpha value is -1.73. The van der Waals surface area contributed by atoms with Crippen molar-refractivity contribution in [1.82, 2.24) is 5.32 Å². The van der Waals surface area contributed by atoms with E-state index in [9.17, 15) is 0 Å². The molecule has 1 aliphatic heterocycles. The van der Waals surface area contributed by atoms with Crippen LogP contribution in [0.5, 0.6) is 11.5 Å². The molecular weight excluding hydrogens is 240 g/mol. The molecule has 1 aromatic carbocycles. The Balaban J connectivity index is 1.46. The van der Waals surface area contributed by atoms with Crippen LogP contribution < -0.4 is 14.8 Å². The van der Waals surface area contributed by atoms with Crippen molar-refractivity contribution < 1.29 is 9.47 Å². The largest absolute Gasteiger partial charge is 0.454 e. The van der Waals surface area contributed by atoms with E-state index in [-0.39, 0.29) is 5.41 Å². The summed E-state index contributed by atoms with van der Waals surface area (Å²) in [7, 11) is 0. The van der Waals surface area contributed by atoms with Crippen molar-refractivity contribution >= 4 is 0 Å². The van der Waals surface area contributed by atoms with Crippen molar-refractivity contribution in [2.75, 3.05) is 19.9 Å². The molecule has 1 aromatic rings. The van der Waals surface area contributed by atoms with Crippen LogP contribution in [0, 0.1) is 16.7 Å². The van der Waals surface area contributed by atoms with Crippen LogP contribution >= 0.6 is 0 Å². The normalized spacial score (nSPS) is 18.7. The third-order valence-corrected chi connectivity index (χ3v) is 4.04. The van der Waals surface area contributed by atoms with Gasteiger partial charge in [0.25, 0.3) is 0 Å². The van der Waals surface area contributed by atoms with Gasteiger partial charge in [0, 0.05) is 6.54 Å². The lowest BCUT2D eigenvalue weighted by atomic mass is 9.70. The highest BCUT2D eigenvalue weighted by Crippen LogP contribution is 2.39. The molecule has 0 atom stereocenters. The first-order valence-corrected chi connectivity index (χ1v) is 6.82. The molecule has 1 fully saturated rings. The van der Waals surface area contributed by atoms with E-state index in [1.165, 1.54) is 12.0 Å². The van der Waals surface area contributed by atoms with Gasteiger partial charge >= 0.3 is 0 Å². The standard InChI is InChI=1S/C15H18N2O2/c16-9-15(5-1-6-15)10-17-7-4-12-2-3-13-14(8-12)19-11-18-13/h2-3,8,17H,1,4-7,10-11H2. The van der Waals surface area contributed by atoms with Crippen LogP contribution in [0.15, 0.2) is 18.2 Å². The van der Waals surface area contributed by atoms with E-state index in [4.69, 9.17) is 14.7 Å². The second-order valence-electron chi connectivity index (χ2n) is 5.36. The number of benzene rings is 1. The SMILES string of the molecule is N#CC1(CNCCc2ccc3c(c2)OCO3)CCC1. The molecule has 0 unspecified atom stereocenters. The number of nitrogens with zero attached hydrogens (tertiary/aromatic N) is 1. The van der Waals surface area contributed by atoms with E-state index in [1.807, 2.05) is 12.1 Å². The summed E-state index contributed by atoms with van der Waals surface area (Å²) in [5.74, 6) is 1.67. The molecule has 1 saturated carbocycles. The maximum absolute atomic E-state index is 9.14. The highest BCUT2D eigenvalue weighted by atomic mass is 16.7. The number of rotatable bonds is 5. The summed E-state index contributed by atoms with van der Waals surface area (Å²) < 4.78 is 10.6. The maximum atomic E-state index is 9.14. The Labute approximate surface area is 113 Å². The minimum Gasteiger partial charge on any atom is -0.454 e. The number of nitrogens with one attached hydrogen (secondary N) is 1. The predicted molar refractivity (Wildman–Crippen MR) is 71.0 cm³/mol. The zero-order valence-corrected chi connectivity index (χ0v) is 10.9. The second-order valence-corrected chi connectivity index (χ2v) is 5.36. The summed E-state index contributed by atoms with van der Waals surface area (Å²) in [6, 6.07) is 8.51. The summed E-state index contributed by atoms with van der Waals surface area (Å²) in [6.45, 7) is 2.03. The van der Waals surface area contributed by atoms with Gasteiger partial charge in [-0.25, -0.2) is 0 Å². The van der Waals surface area contributed by atoms with Crippen molar-refractivity contribution in [2.45, 2.75) is 25.7 Å². The van der Waals surface area contributed by atoms with E-state index in [2.05, 4.69) is 17.5 Å². The van der Waals surface area contributed by atoms with Crippen molar-refractivity contribution in [1.29, 1.82) is 5.26 Å². The average molecular weight is 258 g/mol. The van der Waals surface area contributed by atoms with Gasteiger partial charge in [-0.1, -0.05) is 12.5 Å². The maximum Gasteiger partial charge on any atom is 0.231 e. The van der Waals surface area contributed by atoms with E-state index in [0.29, 0.717) is 6.79 Å². The Morgan fingerprint density at radius 3 is 2.84 bits per heavy atom. The molecule has 1 aliphatic carbocycles. The van der Waals surface area contributed by atoms with Gasteiger partial charge in [-0.2, -0.15) is 5.26 Å². The van der Waals surface area contributed by atoms with E-state index in [1.54, 1.807) is 0 Å². The predicted octanol–water partition coefficient (Wildman–Crippen LogP) is 2.24. The monoisotopic (exact) mass is 258 g/mol. The molecule has 1 N–H and O–H groups in total. The molecule has 0 bridgehead atoms. The lowest BCUT2D eigenvalue weighted by molar-refractivity contribution is 0.174. The number of hydrogen-bond donors (Lipinski definition) is 1. The topological polar surface area (TPSA) is 54.3 Å². The molecule has 4 heteroatoms. The molecule has 4 nitrogen and oxygen atoms in total. The molecule has 0 radical (unpaired) electrons. The van der Waals surface area contributed by atoms with Gasteiger partial charge < -0.3 is 14.8 Å². The summed E-state index contributed by atoms with van der Waals surface area (Å²) >= 11 is 0. The average Bonchev–Trinajstić information content (AvgIpc) is 2.84. The third kappa shape index (κ3) is 2.52. The molecular formula is C15H18N2O2. The number of ether oxygens (including phenoxy) is 2. The van der Waals surface area contributed by atoms with Crippen molar-refractivity contribution in [3.63, 3.8) is 0 Å². The molecule has 0 saturated heterocycles. The number of nitriles is 1. The fourth-order valence-electron chi connectivity index (χ4n) is 2.59. The molecule has 2 aliphatic rings. The lowest BCUT2D eigenvalue weighted by Crippen LogP contribution is -2.39. The van der Waals surface area contributed by atoms with Crippen LogP contribution in [-0.2, 0) is 6.42 Å². The van der Waals surface area contributed by atoms with Gasteiger partial charge in [0.1, 0.15) is 0 Å². The molecule has 0 aromatic heterocycles. The Morgan fingerprint density at radius 1 is 1.26 bits per heavy atom. The van der Waals surface area contributed by atoms with Crippen LogP contribution in [-0.4, -0.2) is 19.9 Å². The quantitative estimate of drug-likeness (QED) is 0.823. The van der Waals surface area contributed by atoms with E-state index >= 15 is 0 Å². The Kier molecular flexibility index (Phi) is 3.31. The summed E-state index contributed by atoms with van der Waals surface area (Å²) in [5, 5.41) is 12.5. The van der Waals surface area contributed by atoms with Gasteiger partial charge in [0.15, 0.2) is 11.5 Å². The van der Waals surface area contributed by atoms with Gasteiger partial charge in [0.2, 0.25) is 6.79 Å². The summed E-state index contributed by atoms with van der Waals surface area (Å²) in [5.41, 5.74) is 1.14. The van der Waals surface area contributed by atoms with Crippen LogP contribution in [0.2, 0.25) is 0 Å². The van der Waals surface area contributed by atoms with Crippen LogP contribution in [0.25, 0.3) is 0 Å². The van der Waals surface area contributed by atoms with E-state index in [0.717, 1.165) is 43.9 Å². The zero-order chi connectivity index (χ0) is 13.1. The molecule has 100 valence electrons. The molecule has 19 heavy (non-hydrogen) atoms. The van der Waals surface area contributed by atoms with Gasteiger partial charge in [-0.05, 0) is 43.5 Å². The molecule has 1 heterocycles. The highest BCUT2D eigenvalue weighted by Gasteiger charge is 2.36. The van der Waals surface area contributed by atoms with Gasteiger partial charge in [0.05, 0.1) is 11.5 Å². The van der Waals surface area contributed by atoms with Crippen LogP contribution in [0.1, 0.15) is 24.8 Å². The van der Waals surface area contributed by atoms with E-state index < -0.39 is 0 Å². The number of fused-ring (bicyclic) bond motifs is 1. The fraction of sp³-hybridized carbons (Fsp3) is 0.533. The van der Waals surface area contributed by atoms with Crippen molar-refractivity contribution in [2.24, 2.45) is 5.41 Å². The minimum atomic E-state index is -0.0884. The lowest BCUT2D eigenvalue weighted by Gasteiger charge is -2.35. The third-order valence-electron chi connectivity index (χ3n) is 4.04. The molecule has 0 spiro atoms. The fourth-order valence-corrected chi connectivity index (χ4v) is 2.59. The highest BCUT2D eigenvalue weighted by molar-refractivity contribution is 5.44. The van der Waals surface area contributed by atoms with Crippen LogP contribution in [0.4, 0.5) is 0 Å².